The first-order valence-corrected chi connectivity index (χ1v) is 7.42. The zero-order valence-electron chi connectivity index (χ0n) is 12.7. The van der Waals surface area contributed by atoms with E-state index in [2.05, 4.69) is 21.1 Å². The van der Waals surface area contributed by atoms with Crippen LogP contribution in [0.2, 0.25) is 0 Å². The van der Waals surface area contributed by atoms with Gasteiger partial charge < -0.3 is 9.64 Å². The first-order chi connectivity index (χ1) is 10.3. The molecule has 0 fully saturated rings. The lowest BCUT2D eigenvalue weighted by Gasteiger charge is -2.32. The Kier molecular flexibility index (Phi) is 4.20. The normalized spacial score (nSPS) is 18.1. The van der Waals surface area contributed by atoms with Gasteiger partial charge in [-0.1, -0.05) is 6.07 Å². The lowest BCUT2D eigenvalue weighted by Crippen LogP contribution is -2.36. The molecular weight excluding hydrogens is 264 g/mol. The third-order valence-corrected chi connectivity index (χ3v) is 4.02. The molecule has 5 nitrogen and oxygen atoms in total. The van der Waals surface area contributed by atoms with Gasteiger partial charge >= 0.3 is 0 Å². The summed E-state index contributed by atoms with van der Waals surface area (Å²) in [4.78, 5) is 6.84. The molecule has 0 amide bonds. The smallest absolute Gasteiger partial charge is 0.0864 e. The maximum Gasteiger partial charge on any atom is 0.0864 e. The molecule has 0 radical (unpaired) electrons. The van der Waals surface area contributed by atoms with E-state index < -0.39 is 0 Å². The lowest BCUT2D eigenvalue weighted by atomic mass is 10.0. The first-order valence-electron chi connectivity index (χ1n) is 7.42. The average Bonchev–Trinajstić information content (AvgIpc) is 2.88. The van der Waals surface area contributed by atoms with Crippen molar-refractivity contribution in [2.75, 3.05) is 40.4 Å². The predicted octanol–water partition coefficient (Wildman–Crippen LogP) is 1.53. The number of fused-ring (bicyclic) bond motifs is 1. The number of methoxy groups -OCH3 is 1. The summed E-state index contributed by atoms with van der Waals surface area (Å²) in [6.07, 6.45) is 3.84. The van der Waals surface area contributed by atoms with Crippen molar-refractivity contribution in [2.24, 2.45) is 5.10 Å². The van der Waals surface area contributed by atoms with Gasteiger partial charge in [0.05, 0.1) is 18.9 Å². The molecule has 1 aromatic heterocycles. The summed E-state index contributed by atoms with van der Waals surface area (Å²) in [5, 5.41) is 6.61. The molecule has 5 heteroatoms. The van der Waals surface area contributed by atoms with E-state index in [0.29, 0.717) is 6.61 Å². The Labute approximate surface area is 125 Å². The molecule has 2 aliphatic heterocycles. The van der Waals surface area contributed by atoms with Crippen LogP contribution in [0.1, 0.15) is 12.1 Å². The maximum absolute atomic E-state index is 5.42. The molecule has 0 spiro atoms. The molecule has 21 heavy (non-hydrogen) atoms. The summed E-state index contributed by atoms with van der Waals surface area (Å²) in [6, 6.07) is 6.09. The third-order valence-electron chi connectivity index (χ3n) is 4.02. The number of rotatable bonds is 5. The van der Waals surface area contributed by atoms with Gasteiger partial charge in [0.1, 0.15) is 0 Å². The van der Waals surface area contributed by atoms with Crippen molar-refractivity contribution in [1.82, 2.24) is 14.9 Å². The highest BCUT2D eigenvalue weighted by Gasteiger charge is 2.28. The second-order valence-electron chi connectivity index (χ2n) is 5.53. The van der Waals surface area contributed by atoms with Crippen molar-refractivity contribution in [1.29, 1.82) is 0 Å². The molecule has 0 N–H and O–H groups in total. The van der Waals surface area contributed by atoms with Crippen LogP contribution in [0.15, 0.2) is 40.8 Å². The van der Waals surface area contributed by atoms with Crippen LogP contribution in [0.5, 0.6) is 0 Å². The van der Waals surface area contributed by atoms with Crippen LogP contribution in [-0.2, 0) is 11.2 Å². The fourth-order valence-electron chi connectivity index (χ4n) is 3.00. The van der Waals surface area contributed by atoms with Gasteiger partial charge in [0, 0.05) is 63.2 Å². The van der Waals surface area contributed by atoms with E-state index in [1.54, 1.807) is 7.11 Å². The number of hydrogen-bond acceptors (Lipinski definition) is 5. The van der Waals surface area contributed by atoms with E-state index in [9.17, 15) is 0 Å². The van der Waals surface area contributed by atoms with Crippen molar-refractivity contribution >= 4 is 5.71 Å². The number of pyridine rings is 1. The highest BCUT2D eigenvalue weighted by atomic mass is 16.5. The number of hydrazone groups is 1. The van der Waals surface area contributed by atoms with Crippen LogP contribution in [0.3, 0.4) is 0 Å². The Bertz CT molecular complexity index is 553. The van der Waals surface area contributed by atoms with E-state index in [-0.39, 0.29) is 0 Å². The van der Waals surface area contributed by atoms with E-state index in [0.717, 1.165) is 38.2 Å². The molecule has 0 unspecified atom stereocenters. The monoisotopic (exact) mass is 286 g/mol. The molecule has 2 aliphatic rings. The number of hydrogen-bond donors (Lipinski definition) is 0. The van der Waals surface area contributed by atoms with E-state index >= 15 is 0 Å². The topological polar surface area (TPSA) is 41.0 Å². The van der Waals surface area contributed by atoms with Crippen LogP contribution in [0.4, 0.5) is 0 Å². The Morgan fingerprint density at radius 1 is 1.33 bits per heavy atom. The third kappa shape index (κ3) is 3.08. The van der Waals surface area contributed by atoms with Gasteiger partial charge in [0.2, 0.25) is 0 Å². The summed E-state index contributed by atoms with van der Waals surface area (Å²) in [5.74, 6) is 0. The zero-order chi connectivity index (χ0) is 14.7. The van der Waals surface area contributed by atoms with Crippen molar-refractivity contribution in [3.05, 3.63) is 41.4 Å². The molecule has 0 aromatic carbocycles. The van der Waals surface area contributed by atoms with Gasteiger partial charge in [0.25, 0.3) is 0 Å². The highest BCUT2D eigenvalue weighted by molar-refractivity contribution is 6.03. The Morgan fingerprint density at radius 3 is 3.00 bits per heavy atom. The minimum atomic E-state index is 0.657. The maximum atomic E-state index is 5.42. The second-order valence-corrected chi connectivity index (χ2v) is 5.53. The minimum Gasteiger partial charge on any atom is -0.378 e. The number of nitrogens with zero attached hydrogens (tertiary/aromatic N) is 4. The van der Waals surface area contributed by atoms with Crippen molar-refractivity contribution in [3.63, 3.8) is 0 Å². The molecule has 0 atom stereocenters. The number of ether oxygens (including phenoxy) is 1. The van der Waals surface area contributed by atoms with Gasteiger partial charge in [-0.15, -0.1) is 0 Å². The Morgan fingerprint density at radius 2 is 2.24 bits per heavy atom. The minimum absolute atomic E-state index is 0.657. The van der Waals surface area contributed by atoms with Crippen molar-refractivity contribution < 1.29 is 4.74 Å². The summed E-state index contributed by atoms with van der Waals surface area (Å²) in [6.45, 7) is 3.55. The standard InChI is InChI=1S/C16H22N4O/c1-19-11-14-15(18-19)7-10-20(16(14)12-21-2)9-6-13-5-3-4-8-17-13/h3-5,8H,6-7,9-12H2,1-2H3. The van der Waals surface area contributed by atoms with Gasteiger partial charge in [-0.3, -0.25) is 9.99 Å². The fourth-order valence-corrected chi connectivity index (χ4v) is 3.00. The molecule has 3 heterocycles. The van der Waals surface area contributed by atoms with Crippen molar-refractivity contribution in [3.8, 4) is 0 Å². The Balaban J connectivity index is 1.74. The lowest BCUT2D eigenvalue weighted by molar-refractivity contribution is 0.185. The van der Waals surface area contributed by atoms with Gasteiger partial charge in [0.15, 0.2) is 0 Å². The molecule has 0 saturated carbocycles. The Hall–Kier alpha value is -1.88. The summed E-state index contributed by atoms with van der Waals surface area (Å²) in [7, 11) is 3.79. The van der Waals surface area contributed by atoms with Gasteiger partial charge in [-0.05, 0) is 12.1 Å². The average molecular weight is 286 g/mol. The first kappa shape index (κ1) is 14.1. The van der Waals surface area contributed by atoms with Crippen LogP contribution >= 0.6 is 0 Å². The van der Waals surface area contributed by atoms with Crippen molar-refractivity contribution in [2.45, 2.75) is 12.8 Å². The quantitative estimate of drug-likeness (QED) is 0.823. The molecule has 1 aromatic rings. The molecular formula is C16H22N4O. The van der Waals surface area contributed by atoms with Gasteiger partial charge in [-0.25, -0.2) is 0 Å². The largest absolute Gasteiger partial charge is 0.378 e. The second kappa shape index (κ2) is 6.26. The molecule has 0 bridgehead atoms. The van der Waals surface area contributed by atoms with Crippen LogP contribution in [0, 0.1) is 0 Å². The molecule has 0 saturated heterocycles. The van der Waals surface area contributed by atoms with Crippen LogP contribution in [0.25, 0.3) is 0 Å². The van der Waals surface area contributed by atoms with E-state index in [1.807, 2.05) is 30.4 Å². The summed E-state index contributed by atoms with van der Waals surface area (Å²) >= 11 is 0. The van der Waals surface area contributed by atoms with Crippen LogP contribution in [-0.4, -0.2) is 61.0 Å². The van der Waals surface area contributed by atoms with Crippen LogP contribution < -0.4 is 0 Å². The number of likely N-dealkylation sites (N-methyl/N-ethyl adjacent to an activating group) is 1. The zero-order valence-corrected chi connectivity index (χ0v) is 12.7. The summed E-state index contributed by atoms with van der Waals surface area (Å²) in [5.41, 5.74) is 5.02. The van der Waals surface area contributed by atoms with Gasteiger partial charge in [-0.2, -0.15) is 5.10 Å². The highest BCUT2D eigenvalue weighted by Crippen LogP contribution is 2.26. The molecule has 0 aliphatic carbocycles. The fraction of sp³-hybridized carbons (Fsp3) is 0.500. The van der Waals surface area contributed by atoms with E-state index in [1.165, 1.54) is 17.0 Å². The molecule has 3 rings (SSSR count). The SMILES string of the molecule is COCC1=C2CN(C)N=C2CCN1CCc1ccccn1. The number of aromatic nitrogens is 1. The summed E-state index contributed by atoms with van der Waals surface area (Å²) < 4.78 is 5.42. The predicted molar refractivity (Wildman–Crippen MR) is 83.1 cm³/mol. The van der Waals surface area contributed by atoms with E-state index in [4.69, 9.17) is 4.74 Å². The molecule has 112 valence electrons.